The standard InChI is InChI=1S/C16H15Cl2N3O3/c17-10-7-13(18)16(20-8-10)24-12-3-1-11(2-4-12)21-15(22)14-9-23-6-5-19-14/h1-4,7-8,14,19H,5-6,9H2,(H,21,22). The van der Waals surface area contributed by atoms with Crippen LogP contribution in [0.2, 0.25) is 10.0 Å². The zero-order valence-electron chi connectivity index (χ0n) is 12.6. The molecule has 0 bridgehead atoms. The van der Waals surface area contributed by atoms with Crippen LogP contribution in [-0.2, 0) is 9.53 Å². The largest absolute Gasteiger partial charge is 0.438 e. The maximum absolute atomic E-state index is 12.1. The molecule has 3 rings (SSSR count). The van der Waals surface area contributed by atoms with Crippen molar-refractivity contribution in [1.29, 1.82) is 0 Å². The Hall–Kier alpha value is -1.86. The molecule has 1 aromatic heterocycles. The molecule has 2 N–H and O–H groups in total. The number of carbonyl (C=O) groups is 1. The van der Waals surface area contributed by atoms with Gasteiger partial charge in [0.15, 0.2) is 0 Å². The molecule has 2 aromatic rings. The van der Waals surface area contributed by atoms with Crippen LogP contribution < -0.4 is 15.4 Å². The Balaban J connectivity index is 1.61. The summed E-state index contributed by atoms with van der Waals surface area (Å²) in [6, 6.07) is 8.12. The number of aromatic nitrogens is 1. The zero-order chi connectivity index (χ0) is 16.9. The fraction of sp³-hybridized carbons (Fsp3) is 0.250. The number of nitrogens with one attached hydrogen (secondary N) is 2. The molecule has 1 fully saturated rings. The molecule has 0 saturated carbocycles. The van der Waals surface area contributed by atoms with Crippen molar-refractivity contribution < 1.29 is 14.3 Å². The number of hydrogen-bond donors (Lipinski definition) is 2. The van der Waals surface area contributed by atoms with E-state index in [0.717, 1.165) is 0 Å². The van der Waals surface area contributed by atoms with E-state index in [1.165, 1.54) is 6.20 Å². The third-order valence-corrected chi connectivity index (χ3v) is 3.83. The summed E-state index contributed by atoms with van der Waals surface area (Å²) in [5.41, 5.74) is 0.662. The Kier molecular flexibility index (Phi) is 5.52. The first kappa shape index (κ1) is 17.0. The summed E-state index contributed by atoms with van der Waals surface area (Å²) in [6.45, 7) is 1.66. The Bertz CT molecular complexity index is 719. The van der Waals surface area contributed by atoms with E-state index >= 15 is 0 Å². The lowest BCUT2D eigenvalue weighted by atomic mass is 10.2. The number of pyridine rings is 1. The lowest BCUT2D eigenvalue weighted by Crippen LogP contribution is -2.48. The van der Waals surface area contributed by atoms with E-state index in [4.69, 9.17) is 32.7 Å². The van der Waals surface area contributed by atoms with Crippen LogP contribution in [0.1, 0.15) is 0 Å². The van der Waals surface area contributed by atoms with Gasteiger partial charge in [-0.15, -0.1) is 0 Å². The molecular formula is C16H15Cl2N3O3. The van der Waals surface area contributed by atoms with Crippen molar-refractivity contribution in [2.45, 2.75) is 6.04 Å². The van der Waals surface area contributed by atoms with E-state index in [0.29, 0.717) is 41.2 Å². The highest BCUT2D eigenvalue weighted by Gasteiger charge is 2.21. The van der Waals surface area contributed by atoms with Crippen molar-refractivity contribution in [2.75, 3.05) is 25.1 Å². The van der Waals surface area contributed by atoms with E-state index < -0.39 is 0 Å². The van der Waals surface area contributed by atoms with Crippen LogP contribution in [0.3, 0.4) is 0 Å². The van der Waals surface area contributed by atoms with E-state index in [2.05, 4.69) is 15.6 Å². The van der Waals surface area contributed by atoms with Gasteiger partial charge in [0.05, 0.1) is 18.2 Å². The summed E-state index contributed by atoms with van der Waals surface area (Å²) in [7, 11) is 0. The number of morpholine rings is 1. The summed E-state index contributed by atoms with van der Waals surface area (Å²) in [6.07, 6.45) is 1.45. The van der Waals surface area contributed by atoms with Crippen LogP contribution in [0.5, 0.6) is 11.6 Å². The fourth-order valence-corrected chi connectivity index (χ4v) is 2.58. The second-order valence-corrected chi connectivity index (χ2v) is 5.98. The average molecular weight is 368 g/mol. The molecule has 0 spiro atoms. The molecular weight excluding hydrogens is 353 g/mol. The summed E-state index contributed by atoms with van der Waals surface area (Å²) < 4.78 is 10.9. The molecule has 1 aliphatic heterocycles. The van der Waals surface area contributed by atoms with Crippen molar-refractivity contribution >= 4 is 34.8 Å². The highest BCUT2D eigenvalue weighted by atomic mass is 35.5. The van der Waals surface area contributed by atoms with E-state index in [1.807, 2.05) is 0 Å². The Morgan fingerprint density at radius 1 is 1.33 bits per heavy atom. The van der Waals surface area contributed by atoms with Crippen LogP contribution >= 0.6 is 23.2 Å². The second kappa shape index (κ2) is 7.81. The number of anilines is 1. The first-order chi connectivity index (χ1) is 11.6. The first-order valence-electron chi connectivity index (χ1n) is 7.33. The van der Waals surface area contributed by atoms with Crippen LogP contribution in [0.15, 0.2) is 36.5 Å². The van der Waals surface area contributed by atoms with Crippen molar-refractivity contribution in [2.24, 2.45) is 0 Å². The molecule has 1 amide bonds. The van der Waals surface area contributed by atoms with Crippen molar-refractivity contribution in [3.8, 4) is 11.6 Å². The van der Waals surface area contributed by atoms with Gasteiger partial charge in [-0.05, 0) is 30.3 Å². The highest BCUT2D eigenvalue weighted by molar-refractivity contribution is 6.35. The molecule has 1 aromatic carbocycles. The molecule has 6 nitrogen and oxygen atoms in total. The second-order valence-electron chi connectivity index (χ2n) is 5.14. The molecule has 1 atom stereocenters. The number of nitrogens with zero attached hydrogens (tertiary/aromatic N) is 1. The minimum Gasteiger partial charge on any atom is -0.438 e. The van der Waals surface area contributed by atoms with Gasteiger partial charge in [-0.25, -0.2) is 4.98 Å². The average Bonchev–Trinajstić information content (AvgIpc) is 2.60. The van der Waals surface area contributed by atoms with Gasteiger partial charge in [-0.2, -0.15) is 0 Å². The smallest absolute Gasteiger partial charge is 0.243 e. The molecule has 8 heteroatoms. The summed E-state index contributed by atoms with van der Waals surface area (Å²) in [5, 5.41) is 6.68. The molecule has 1 unspecified atom stereocenters. The van der Waals surface area contributed by atoms with Gasteiger partial charge in [0.25, 0.3) is 0 Å². The molecule has 1 aliphatic rings. The highest BCUT2D eigenvalue weighted by Crippen LogP contribution is 2.29. The zero-order valence-corrected chi connectivity index (χ0v) is 14.1. The number of rotatable bonds is 4. The molecule has 1 saturated heterocycles. The normalized spacial score (nSPS) is 17.3. The number of ether oxygens (including phenoxy) is 2. The fourth-order valence-electron chi connectivity index (χ4n) is 2.16. The number of halogens is 2. The molecule has 24 heavy (non-hydrogen) atoms. The monoisotopic (exact) mass is 367 g/mol. The maximum Gasteiger partial charge on any atom is 0.243 e. The van der Waals surface area contributed by atoms with Gasteiger partial charge in [-0.3, -0.25) is 4.79 Å². The van der Waals surface area contributed by atoms with Crippen LogP contribution in [0.4, 0.5) is 5.69 Å². The van der Waals surface area contributed by atoms with Crippen molar-refractivity contribution in [3.05, 3.63) is 46.6 Å². The Morgan fingerprint density at radius 2 is 2.12 bits per heavy atom. The lowest BCUT2D eigenvalue weighted by Gasteiger charge is -2.22. The quantitative estimate of drug-likeness (QED) is 0.868. The number of benzene rings is 1. The predicted octanol–water partition coefficient (Wildman–Crippen LogP) is 3.11. The minimum absolute atomic E-state index is 0.134. The SMILES string of the molecule is O=C(Nc1ccc(Oc2ncc(Cl)cc2Cl)cc1)C1COCCN1. The van der Waals surface area contributed by atoms with Crippen LogP contribution in [-0.4, -0.2) is 36.7 Å². The van der Waals surface area contributed by atoms with Gasteiger partial charge >= 0.3 is 0 Å². The van der Waals surface area contributed by atoms with E-state index in [9.17, 15) is 4.79 Å². The van der Waals surface area contributed by atoms with Gasteiger partial charge in [0.2, 0.25) is 11.8 Å². The number of amides is 1. The third-order valence-electron chi connectivity index (χ3n) is 3.35. The van der Waals surface area contributed by atoms with Crippen molar-refractivity contribution in [3.63, 3.8) is 0 Å². The summed E-state index contributed by atoms with van der Waals surface area (Å²) >= 11 is 11.8. The molecule has 0 aliphatic carbocycles. The van der Waals surface area contributed by atoms with Gasteiger partial charge in [0.1, 0.15) is 16.8 Å². The van der Waals surface area contributed by atoms with Crippen LogP contribution in [0.25, 0.3) is 0 Å². The Labute approximate surface area is 149 Å². The topological polar surface area (TPSA) is 72.5 Å². The van der Waals surface area contributed by atoms with Gasteiger partial charge in [-0.1, -0.05) is 23.2 Å². The lowest BCUT2D eigenvalue weighted by molar-refractivity contribution is -0.120. The molecule has 2 heterocycles. The summed E-state index contributed by atoms with van der Waals surface area (Å²) in [5.74, 6) is 0.677. The first-order valence-corrected chi connectivity index (χ1v) is 8.08. The summed E-state index contributed by atoms with van der Waals surface area (Å²) in [4.78, 5) is 16.1. The van der Waals surface area contributed by atoms with E-state index in [1.54, 1.807) is 30.3 Å². The van der Waals surface area contributed by atoms with E-state index in [-0.39, 0.29) is 17.8 Å². The van der Waals surface area contributed by atoms with Gasteiger partial charge < -0.3 is 20.1 Å². The molecule has 126 valence electrons. The third kappa shape index (κ3) is 4.36. The Morgan fingerprint density at radius 3 is 2.79 bits per heavy atom. The van der Waals surface area contributed by atoms with Gasteiger partial charge in [0, 0.05) is 18.4 Å². The van der Waals surface area contributed by atoms with Crippen LogP contribution in [0, 0.1) is 0 Å². The number of hydrogen-bond acceptors (Lipinski definition) is 5. The number of carbonyl (C=O) groups excluding carboxylic acids is 1. The predicted molar refractivity (Wildman–Crippen MR) is 92.0 cm³/mol. The van der Waals surface area contributed by atoms with Crippen molar-refractivity contribution in [1.82, 2.24) is 10.3 Å². The molecule has 0 radical (unpaired) electrons. The minimum atomic E-state index is -0.341. The maximum atomic E-state index is 12.1.